The van der Waals surface area contributed by atoms with Crippen LogP contribution in [0.4, 0.5) is 0 Å². The van der Waals surface area contributed by atoms with Gasteiger partial charge in [0.05, 0.1) is 0 Å². The molecule has 0 aromatic heterocycles. The lowest BCUT2D eigenvalue weighted by molar-refractivity contribution is 0.285. The van der Waals surface area contributed by atoms with Crippen molar-refractivity contribution in [2.45, 2.75) is 58.9 Å². The summed E-state index contributed by atoms with van der Waals surface area (Å²) in [7, 11) is 0. The standard InChI is InChI=1S/C14H29NS/c1-12(2)8-10-16-11-9-15-14-7-5-4-6-13(14)3/h12-15H,4-11H2,1-3H3. The third-order valence-electron chi connectivity index (χ3n) is 3.60. The summed E-state index contributed by atoms with van der Waals surface area (Å²) < 4.78 is 0. The maximum absolute atomic E-state index is 3.74. The third kappa shape index (κ3) is 6.15. The SMILES string of the molecule is CC(C)CCSCCNC1CCCCC1C. The van der Waals surface area contributed by atoms with E-state index in [-0.39, 0.29) is 0 Å². The first kappa shape index (κ1) is 14.4. The van der Waals surface area contributed by atoms with E-state index < -0.39 is 0 Å². The molecule has 16 heavy (non-hydrogen) atoms. The average molecular weight is 243 g/mol. The van der Waals surface area contributed by atoms with E-state index >= 15 is 0 Å². The van der Waals surface area contributed by atoms with Crippen LogP contribution in [0.2, 0.25) is 0 Å². The van der Waals surface area contributed by atoms with Gasteiger partial charge >= 0.3 is 0 Å². The zero-order chi connectivity index (χ0) is 11.8. The molecule has 0 amide bonds. The summed E-state index contributed by atoms with van der Waals surface area (Å²) in [5.74, 6) is 4.38. The van der Waals surface area contributed by atoms with Crippen LogP contribution in [0.5, 0.6) is 0 Å². The molecule has 0 aromatic carbocycles. The minimum absolute atomic E-state index is 0.805. The molecule has 1 aliphatic carbocycles. The van der Waals surface area contributed by atoms with Crippen LogP contribution in [-0.4, -0.2) is 24.1 Å². The Morgan fingerprint density at radius 1 is 1.19 bits per heavy atom. The van der Waals surface area contributed by atoms with Crippen molar-refractivity contribution in [2.24, 2.45) is 11.8 Å². The smallest absolute Gasteiger partial charge is 0.00930 e. The molecule has 0 radical (unpaired) electrons. The van der Waals surface area contributed by atoms with Crippen molar-refractivity contribution in [2.75, 3.05) is 18.1 Å². The Kier molecular flexibility index (Phi) is 7.55. The second kappa shape index (κ2) is 8.41. The van der Waals surface area contributed by atoms with Gasteiger partial charge in [-0.2, -0.15) is 11.8 Å². The highest BCUT2D eigenvalue weighted by molar-refractivity contribution is 7.99. The minimum atomic E-state index is 0.805. The van der Waals surface area contributed by atoms with Crippen molar-refractivity contribution in [1.29, 1.82) is 0 Å². The van der Waals surface area contributed by atoms with Crippen LogP contribution >= 0.6 is 11.8 Å². The van der Waals surface area contributed by atoms with Crippen molar-refractivity contribution in [3.8, 4) is 0 Å². The van der Waals surface area contributed by atoms with Crippen molar-refractivity contribution in [3.63, 3.8) is 0 Å². The second-order valence-corrected chi connectivity index (χ2v) is 6.84. The molecule has 2 heteroatoms. The minimum Gasteiger partial charge on any atom is -0.313 e. The Balaban J connectivity index is 1.94. The van der Waals surface area contributed by atoms with E-state index in [4.69, 9.17) is 0 Å². The third-order valence-corrected chi connectivity index (χ3v) is 4.62. The molecule has 2 atom stereocenters. The lowest BCUT2D eigenvalue weighted by atomic mass is 9.86. The number of nitrogens with one attached hydrogen (secondary N) is 1. The molecule has 0 aromatic rings. The van der Waals surface area contributed by atoms with Gasteiger partial charge in [-0.1, -0.05) is 33.6 Å². The summed E-state index contributed by atoms with van der Waals surface area (Å²) in [5.41, 5.74) is 0. The predicted molar refractivity (Wildman–Crippen MR) is 76.2 cm³/mol. The van der Waals surface area contributed by atoms with Gasteiger partial charge in [0.2, 0.25) is 0 Å². The molecule has 0 bridgehead atoms. The molecule has 0 heterocycles. The first-order valence-corrected chi connectivity index (χ1v) is 8.16. The summed E-state index contributed by atoms with van der Waals surface area (Å²) in [5, 5.41) is 3.74. The van der Waals surface area contributed by atoms with Gasteiger partial charge in [-0.3, -0.25) is 0 Å². The first-order chi connectivity index (χ1) is 7.70. The van der Waals surface area contributed by atoms with Crippen molar-refractivity contribution in [3.05, 3.63) is 0 Å². The molecule has 2 unspecified atom stereocenters. The quantitative estimate of drug-likeness (QED) is 0.680. The van der Waals surface area contributed by atoms with Crippen LogP contribution in [-0.2, 0) is 0 Å². The Morgan fingerprint density at radius 3 is 2.62 bits per heavy atom. The van der Waals surface area contributed by atoms with Gasteiger partial charge in [0.1, 0.15) is 0 Å². The topological polar surface area (TPSA) is 12.0 Å². The van der Waals surface area contributed by atoms with Crippen LogP contribution in [0.3, 0.4) is 0 Å². The summed E-state index contributed by atoms with van der Waals surface area (Å²) >= 11 is 2.11. The molecule has 1 saturated carbocycles. The number of thioether (sulfide) groups is 1. The maximum atomic E-state index is 3.74. The molecule has 0 spiro atoms. The van der Waals surface area contributed by atoms with Crippen molar-refractivity contribution < 1.29 is 0 Å². The van der Waals surface area contributed by atoms with Crippen molar-refractivity contribution in [1.82, 2.24) is 5.32 Å². The highest BCUT2D eigenvalue weighted by Gasteiger charge is 2.19. The Labute approximate surface area is 106 Å². The number of hydrogen-bond acceptors (Lipinski definition) is 2. The van der Waals surface area contributed by atoms with Gasteiger partial charge in [-0.15, -0.1) is 0 Å². The number of hydrogen-bond donors (Lipinski definition) is 1. The highest BCUT2D eigenvalue weighted by atomic mass is 32.2. The summed E-state index contributed by atoms with van der Waals surface area (Å²) in [6, 6.07) is 0.805. The fraction of sp³-hybridized carbons (Fsp3) is 1.00. The van der Waals surface area contributed by atoms with Crippen LogP contribution in [0, 0.1) is 11.8 Å². The highest BCUT2D eigenvalue weighted by Crippen LogP contribution is 2.23. The van der Waals surface area contributed by atoms with E-state index in [0.717, 1.165) is 17.9 Å². The van der Waals surface area contributed by atoms with E-state index in [0.29, 0.717) is 0 Å². The molecule has 1 fully saturated rings. The van der Waals surface area contributed by atoms with E-state index in [2.05, 4.69) is 37.8 Å². The maximum Gasteiger partial charge on any atom is 0.00930 e. The van der Waals surface area contributed by atoms with E-state index in [1.54, 1.807) is 0 Å². The van der Waals surface area contributed by atoms with E-state index in [1.807, 2.05) is 0 Å². The second-order valence-electron chi connectivity index (χ2n) is 5.62. The molecule has 1 nitrogen and oxygen atoms in total. The van der Waals surface area contributed by atoms with Crippen molar-refractivity contribution >= 4 is 11.8 Å². The van der Waals surface area contributed by atoms with Gasteiger partial charge in [-0.25, -0.2) is 0 Å². The van der Waals surface area contributed by atoms with Gasteiger partial charge in [0.15, 0.2) is 0 Å². The molecular formula is C14H29NS. The van der Waals surface area contributed by atoms with Gasteiger partial charge in [-0.05, 0) is 36.9 Å². The average Bonchev–Trinajstić information content (AvgIpc) is 2.25. The summed E-state index contributed by atoms with van der Waals surface area (Å²) in [6.45, 7) is 8.23. The summed E-state index contributed by atoms with van der Waals surface area (Å²) in [6.07, 6.45) is 7.07. The van der Waals surface area contributed by atoms with Crippen LogP contribution in [0.25, 0.3) is 0 Å². The zero-order valence-electron chi connectivity index (χ0n) is 11.3. The van der Waals surface area contributed by atoms with E-state index in [9.17, 15) is 0 Å². The van der Waals surface area contributed by atoms with Crippen LogP contribution in [0.15, 0.2) is 0 Å². The molecule has 1 aliphatic rings. The lowest BCUT2D eigenvalue weighted by Gasteiger charge is -2.29. The van der Waals surface area contributed by atoms with Gasteiger partial charge in [0.25, 0.3) is 0 Å². The normalized spacial score (nSPS) is 26.2. The van der Waals surface area contributed by atoms with E-state index in [1.165, 1.54) is 50.2 Å². The summed E-state index contributed by atoms with van der Waals surface area (Å²) in [4.78, 5) is 0. The Hall–Kier alpha value is 0.310. The molecular weight excluding hydrogens is 214 g/mol. The Morgan fingerprint density at radius 2 is 1.94 bits per heavy atom. The van der Waals surface area contributed by atoms with Crippen LogP contribution in [0.1, 0.15) is 52.9 Å². The fourth-order valence-electron chi connectivity index (χ4n) is 2.36. The fourth-order valence-corrected chi connectivity index (χ4v) is 3.46. The number of rotatable bonds is 7. The molecule has 0 aliphatic heterocycles. The van der Waals surface area contributed by atoms with Gasteiger partial charge < -0.3 is 5.32 Å². The Bertz CT molecular complexity index is 170. The first-order valence-electron chi connectivity index (χ1n) is 7.01. The predicted octanol–water partition coefficient (Wildman–Crippen LogP) is 3.93. The largest absolute Gasteiger partial charge is 0.313 e. The monoisotopic (exact) mass is 243 g/mol. The molecule has 1 rings (SSSR count). The molecule has 1 N–H and O–H groups in total. The van der Waals surface area contributed by atoms with Crippen LogP contribution < -0.4 is 5.32 Å². The van der Waals surface area contributed by atoms with Gasteiger partial charge in [0, 0.05) is 18.3 Å². The zero-order valence-corrected chi connectivity index (χ0v) is 12.1. The molecule has 96 valence electrons. The lowest BCUT2D eigenvalue weighted by Crippen LogP contribution is -2.38. The molecule has 0 saturated heterocycles.